The van der Waals surface area contributed by atoms with Crippen LogP contribution in [0.15, 0.2) is 4.21 Å². The Kier molecular flexibility index (Phi) is 4.11. The van der Waals surface area contributed by atoms with Crippen LogP contribution in [0.5, 0.6) is 0 Å². The zero-order valence-corrected chi connectivity index (χ0v) is 12.4. The number of sulfonamides is 1. The summed E-state index contributed by atoms with van der Waals surface area (Å²) in [6, 6.07) is -1.00. The number of primary amides is 1. The summed E-state index contributed by atoms with van der Waals surface area (Å²) in [5.41, 5.74) is 5.52. The third kappa shape index (κ3) is 2.75. The van der Waals surface area contributed by atoms with Crippen LogP contribution in [-0.4, -0.2) is 49.4 Å². The van der Waals surface area contributed by atoms with Crippen LogP contribution < -0.4 is 5.73 Å². The first-order chi connectivity index (χ1) is 8.84. The second kappa shape index (κ2) is 5.33. The van der Waals surface area contributed by atoms with Crippen molar-refractivity contribution in [2.45, 2.75) is 17.2 Å². The molecule has 1 aromatic rings. The van der Waals surface area contributed by atoms with E-state index in [0.717, 1.165) is 15.6 Å². The van der Waals surface area contributed by atoms with E-state index in [1.54, 1.807) is 6.92 Å². The van der Waals surface area contributed by atoms with Gasteiger partial charge in [-0.15, -0.1) is 0 Å². The molecule has 2 N–H and O–H groups in total. The number of aromatic nitrogens is 1. The zero-order chi connectivity index (χ0) is 14.2. The monoisotopic (exact) mass is 325 g/mol. The van der Waals surface area contributed by atoms with Gasteiger partial charge >= 0.3 is 0 Å². The highest BCUT2D eigenvalue weighted by molar-refractivity contribution is 7.91. The van der Waals surface area contributed by atoms with Crippen LogP contribution in [-0.2, 0) is 19.6 Å². The number of ether oxygens (including phenoxy) is 1. The number of hydrogen-bond donors (Lipinski definition) is 1. The Balaban J connectivity index is 2.43. The minimum absolute atomic E-state index is 0.0330. The van der Waals surface area contributed by atoms with E-state index >= 15 is 0 Å². The molecule has 1 saturated heterocycles. The third-order valence-corrected chi connectivity index (χ3v) is 6.44. The van der Waals surface area contributed by atoms with Gasteiger partial charge in [0.1, 0.15) is 6.04 Å². The van der Waals surface area contributed by atoms with Crippen molar-refractivity contribution >= 4 is 38.9 Å². The number of nitrogens with two attached hydrogens (primary N) is 1. The molecule has 2 heterocycles. The lowest BCUT2D eigenvalue weighted by molar-refractivity contribution is -0.125. The van der Waals surface area contributed by atoms with Crippen molar-refractivity contribution in [2.75, 3.05) is 19.8 Å². The number of halogens is 1. The summed E-state index contributed by atoms with van der Waals surface area (Å²) in [5.74, 6) is -0.739. The number of rotatable bonds is 3. The van der Waals surface area contributed by atoms with E-state index < -0.39 is 22.0 Å². The van der Waals surface area contributed by atoms with Crippen molar-refractivity contribution in [3.05, 3.63) is 10.2 Å². The van der Waals surface area contributed by atoms with E-state index in [0.29, 0.717) is 5.69 Å². The van der Waals surface area contributed by atoms with Crippen LogP contribution in [0.25, 0.3) is 0 Å². The molecule has 0 radical (unpaired) electrons. The number of hydrogen-bond acceptors (Lipinski definition) is 6. The smallest absolute Gasteiger partial charge is 0.255 e. The first kappa shape index (κ1) is 14.7. The number of thiazole rings is 1. The van der Waals surface area contributed by atoms with Crippen LogP contribution in [0.2, 0.25) is 4.47 Å². The van der Waals surface area contributed by atoms with Crippen molar-refractivity contribution in [1.29, 1.82) is 0 Å². The van der Waals surface area contributed by atoms with Crippen molar-refractivity contribution in [3.63, 3.8) is 0 Å². The van der Waals surface area contributed by atoms with Crippen LogP contribution >= 0.6 is 22.9 Å². The fraction of sp³-hybridized carbons (Fsp3) is 0.556. The third-order valence-electron chi connectivity index (χ3n) is 2.68. The fourth-order valence-electron chi connectivity index (χ4n) is 1.80. The largest absolute Gasteiger partial charge is 0.378 e. The fourth-order valence-corrected chi connectivity index (χ4v) is 5.21. The highest BCUT2D eigenvalue weighted by Crippen LogP contribution is 2.30. The second-order valence-electron chi connectivity index (χ2n) is 3.95. The molecule has 1 atom stereocenters. The maximum atomic E-state index is 12.5. The summed E-state index contributed by atoms with van der Waals surface area (Å²) >= 11 is 6.58. The van der Waals surface area contributed by atoms with E-state index in [1.165, 1.54) is 0 Å². The number of morpholine rings is 1. The Morgan fingerprint density at radius 3 is 2.84 bits per heavy atom. The molecule has 0 aliphatic carbocycles. The quantitative estimate of drug-likeness (QED) is 0.841. The Bertz CT molecular complexity index is 601. The molecule has 19 heavy (non-hydrogen) atoms. The van der Waals surface area contributed by atoms with E-state index in [9.17, 15) is 13.2 Å². The second-order valence-corrected chi connectivity index (χ2v) is 7.62. The lowest BCUT2D eigenvalue weighted by Crippen LogP contribution is -2.54. The van der Waals surface area contributed by atoms with Gasteiger partial charge in [-0.3, -0.25) is 4.79 Å². The van der Waals surface area contributed by atoms with Gasteiger partial charge in [0.05, 0.1) is 18.9 Å². The Morgan fingerprint density at radius 2 is 2.32 bits per heavy atom. The minimum atomic E-state index is -3.84. The van der Waals surface area contributed by atoms with Crippen molar-refractivity contribution in [3.8, 4) is 0 Å². The molecule has 1 aliphatic rings. The lowest BCUT2D eigenvalue weighted by Gasteiger charge is -2.32. The zero-order valence-electron chi connectivity index (χ0n) is 10.00. The van der Waals surface area contributed by atoms with Gasteiger partial charge in [0, 0.05) is 6.54 Å². The normalized spacial score (nSPS) is 21.5. The molecular formula is C9H12ClN3O4S2. The number of nitrogens with zero attached hydrogens (tertiary/aromatic N) is 2. The van der Waals surface area contributed by atoms with Gasteiger partial charge in [-0.25, -0.2) is 13.4 Å². The first-order valence-electron chi connectivity index (χ1n) is 5.36. The molecule has 106 valence electrons. The van der Waals surface area contributed by atoms with Crippen molar-refractivity contribution in [2.24, 2.45) is 5.73 Å². The summed E-state index contributed by atoms with van der Waals surface area (Å²) in [5, 5.41) is 0. The lowest BCUT2D eigenvalue weighted by atomic mass is 10.3. The number of amides is 1. The minimum Gasteiger partial charge on any atom is -0.378 e. The highest BCUT2D eigenvalue weighted by atomic mass is 35.5. The molecule has 10 heteroatoms. The standard InChI is InChI=1S/C9H12ClN3O4S2/c1-5-8(18-9(10)12-5)19(15,16)13-2-3-17-4-6(13)7(11)14/h6H,2-4H2,1H3,(H2,11,14). The first-order valence-corrected chi connectivity index (χ1v) is 7.99. The van der Waals surface area contributed by atoms with Gasteiger partial charge in [0.25, 0.3) is 10.0 Å². The van der Waals surface area contributed by atoms with Crippen LogP contribution in [0, 0.1) is 6.92 Å². The summed E-state index contributed by atoms with van der Waals surface area (Å²) < 4.78 is 31.3. The van der Waals surface area contributed by atoms with Gasteiger partial charge in [0.2, 0.25) is 5.91 Å². The maximum Gasteiger partial charge on any atom is 0.255 e. The van der Waals surface area contributed by atoms with Crippen LogP contribution in [0.1, 0.15) is 5.69 Å². The maximum absolute atomic E-state index is 12.5. The summed E-state index contributed by atoms with van der Waals surface area (Å²) in [6.45, 7) is 1.80. The molecule has 1 aliphatic heterocycles. The van der Waals surface area contributed by atoms with Crippen molar-refractivity contribution < 1.29 is 17.9 Å². The van der Waals surface area contributed by atoms with Gasteiger partial charge in [0.15, 0.2) is 8.68 Å². The Morgan fingerprint density at radius 1 is 1.63 bits per heavy atom. The summed E-state index contributed by atoms with van der Waals surface area (Å²) in [4.78, 5) is 15.2. The van der Waals surface area contributed by atoms with Crippen LogP contribution in [0.4, 0.5) is 0 Å². The van der Waals surface area contributed by atoms with Crippen molar-refractivity contribution in [1.82, 2.24) is 9.29 Å². The molecule has 1 fully saturated rings. The molecule has 1 amide bonds. The molecular weight excluding hydrogens is 314 g/mol. The number of aryl methyl sites for hydroxylation is 1. The molecule has 0 aromatic carbocycles. The summed E-state index contributed by atoms with van der Waals surface area (Å²) in [7, 11) is -3.84. The highest BCUT2D eigenvalue weighted by Gasteiger charge is 2.39. The Labute approximate surface area is 119 Å². The average molecular weight is 326 g/mol. The molecule has 7 nitrogen and oxygen atoms in total. The van der Waals surface area contributed by atoms with Gasteiger partial charge < -0.3 is 10.5 Å². The number of carbonyl (C=O) groups excluding carboxylic acids is 1. The molecule has 0 saturated carbocycles. The number of carbonyl (C=O) groups is 1. The molecule has 1 unspecified atom stereocenters. The Hall–Kier alpha value is -0.740. The van der Waals surface area contributed by atoms with E-state index in [2.05, 4.69) is 4.98 Å². The molecule has 1 aromatic heterocycles. The predicted octanol–water partition coefficient (Wildman–Crippen LogP) is -0.0203. The van der Waals surface area contributed by atoms with Crippen LogP contribution in [0.3, 0.4) is 0 Å². The molecule has 2 rings (SSSR count). The molecule has 0 spiro atoms. The molecule has 0 bridgehead atoms. The van der Waals surface area contributed by atoms with Gasteiger partial charge in [-0.05, 0) is 6.92 Å². The topological polar surface area (TPSA) is 103 Å². The summed E-state index contributed by atoms with van der Waals surface area (Å²) in [6.07, 6.45) is 0. The van der Waals surface area contributed by atoms with E-state index in [-0.39, 0.29) is 28.4 Å². The van der Waals surface area contributed by atoms with E-state index in [1.807, 2.05) is 0 Å². The van der Waals surface area contributed by atoms with Gasteiger partial charge in [-0.1, -0.05) is 22.9 Å². The van der Waals surface area contributed by atoms with Gasteiger partial charge in [-0.2, -0.15) is 4.31 Å². The predicted molar refractivity (Wildman–Crippen MR) is 69.6 cm³/mol. The average Bonchev–Trinajstić information content (AvgIpc) is 2.69. The SMILES string of the molecule is Cc1nc(Cl)sc1S(=O)(=O)N1CCOCC1C(N)=O. The van der Waals surface area contributed by atoms with E-state index in [4.69, 9.17) is 22.1 Å².